The summed E-state index contributed by atoms with van der Waals surface area (Å²) in [6, 6.07) is 12.3. The first-order valence-corrected chi connectivity index (χ1v) is 8.19. The number of nitrogens with one attached hydrogen (secondary N) is 1. The van der Waals surface area contributed by atoms with Crippen LogP contribution in [0.2, 0.25) is 0 Å². The minimum atomic E-state index is -0.532. The third-order valence-corrected chi connectivity index (χ3v) is 4.07. The Bertz CT molecular complexity index is 921. The van der Waals surface area contributed by atoms with Gasteiger partial charge in [-0.25, -0.2) is 4.79 Å². The normalized spacial score (nSPS) is 11.9. The number of carbonyl (C=O) groups is 2. The number of carbonyl (C=O) groups excluding carboxylic acids is 2. The Labute approximate surface area is 150 Å². The highest BCUT2D eigenvalue weighted by Gasteiger charge is 2.16. The van der Waals surface area contributed by atoms with E-state index in [0.717, 1.165) is 10.9 Å². The molecule has 0 bridgehead atoms. The van der Waals surface area contributed by atoms with Gasteiger partial charge in [0.05, 0.1) is 23.3 Å². The number of aromatic nitrogens is 2. The number of fused-ring (bicyclic) bond motifs is 1. The average Bonchev–Trinajstić information content (AvgIpc) is 3.09. The van der Waals surface area contributed by atoms with E-state index in [4.69, 9.17) is 4.74 Å². The number of benzene rings is 2. The summed E-state index contributed by atoms with van der Waals surface area (Å²) in [5.74, 6) is -0.100. The third kappa shape index (κ3) is 3.66. The second kappa shape index (κ2) is 7.69. The van der Waals surface area contributed by atoms with E-state index in [-0.39, 0.29) is 30.5 Å². The molecule has 2 aromatic carbocycles. The fraction of sp³-hybridized carbons (Fsp3) is 0.211. The summed E-state index contributed by atoms with van der Waals surface area (Å²) in [6.07, 6.45) is 1.69. The number of hydrogen-bond acceptors (Lipinski definition) is 5. The molecule has 0 aliphatic carbocycles. The quantitative estimate of drug-likeness (QED) is 0.664. The molecule has 0 aliphatic rings. The van der Waals surface area contributed by atoms with E-state index in [1.54, 1.807) is 16.9 Å². The van der Waals surface area contributed by atoms with Gasteiger partial charge in [-0.3, -0.25) is 9.48 Å². The van der Waals surface area contributed by atoms with Gasteiger partial charge in [0.15, 0.2) is 6.29 Å². The van der Waals surface area contributed by atoms with Gasteiger partial charge in [-0.2, -0.15) is 5.10 Å². The molecule has 1 atom stereocenters. The third-order valence-electron chi connectivity index (χ3n) is 4.07. The first-order chi connectivity index (χ1) is 12.6. The Kier molecular flexibility index (Phi) is 5.17. The van der Waals surface area contributed by atoms with Gasteiger partial charge in [0.2, 0.25) is 0 Å². The van der Waals surface area contributed by atoms with Crippen molar-refractivity contribution in [3.63, 3.8) is 0 Å². The Balaban J connectivity index is 1.64. The lowest BCUT2D eigenvalue weighted by molar-refractivity contribution is 0.112. The van der Waals surface area contributed by atoms with E-state index in [2.05, 4.69) is 10.4 Å². The average molecular weight is 353 g/mol. The van der Waals surface area contributed by atoms with Gasteiger partial charge in [0, 0.05) is 11.9 Å². The zero-order chi connectivity index (χ0) is 18.5. The number of hydrogen-bond donors (Lipinski definition) is 2. The Hall–Kier alpha value is -3.35. The maximum absolute atomic E-state index is 11.9. The summed E-state index contributed by atoms with van der Waals surface area (Å²) in [5, 5.41) is 17.6. The molecular weight excluding hydrogens is 334 g/mol. The molecule has 134 valence electrons. The van der Waals surface area contributed by atoms with Crippen LogP contribution in [0, 0.1) is 0 Å². The van der Waals surface area contributed by atoms with Crippen LogP contribution in [-0.4, -0.2) is 33.8 Å². The van der Waals surface area contributed by atoms with Gasteiger partial charge < -0.3 is 15.2 Å². The van der Waals surface area contributed by atoms with E-state index in [1.807, 2.05) is 37.3 Å². The van der Waals surface area contributed by atoms with Crippen LogP contribution in [0.25, 0.3) is 10.9 Å². The summed E-state index contributed by atoms with van der Waals surface area (Å²) in [7, 11) is 0. The summed E-state index contributed by atoms with van der Waals surface area (Å²) in [4.78, 5) is 23.2. The molecule has 3 aromatic rings. The highest BCUT2D eigenvalue weighted by atomic mass is 16.5. The Morgan fingerprint density at radius 3 is 2.81 bits per heavy atom. The van der Waals surface area contributed by atoms with Gasteiger partial charge in [-0.05, 0) is 24.6 Å². The Morgan fingerprint density at radius 1 is 1.31 bits per heavy atom. The van der Waals surface area contributed by atoms with Crippen LogP contribution in [0.3, 0.4) is 0 Å². The number of nitrogens with zero attached hydrogens (tertiary/aromatic N) is 2. The topological polar surface area (TPSA) is 93.4 Å². The summed E-state index contributed by atoms with van der Waals surface area (Å²) in [5.41, 5.74) is 1.62. The highest BCUT2D eigenvalue weighted by Crippen LogP contribution is 2.27. The van der Waals surface area contributed by atoms with Gasteiger partial charge in [0.25, 0.3) is 0 Å². The lowest BCUT2D eigenvalue weighted by atomic mass is 10.1. The number of alkyl carbamates (subject to hydrolysis) is 1. The molecule has 0 aliphatic heterocycles. The minimum absolute atomic E-state index is 0.100. The second-order valence-corrected chi connectivity index (χ2v) is 5.93. The second-order valence-electron chi connectivity index (χ2n) is 5.93. The van der Waals surface area contributed by atoms with Crippen LogP contribution >= 0.6 is 0 Å². The molecule has 1 unspecified atom stereocenters. The molecule has 0 spiro atoms. The molecule has 0 radical (unpaired) electrons. The van der Waals surface area contributed by atoms with Crippen molar-refractivity contribution in [1.82, 2.24) is 15.1 Å². The number of aldehydes is 1. The predicted octanol–water partition coefficient (Wildman–Crippen LogP) is 3.04. The van der Waals surface area contributed by atoms with Crippen molar-refractivity contribution in [3.8, 4) is 5.75 Å². The van der Waals surface area contributed by atoms with Crippen molar-refractivity contribution in [2.24, 2.45) is 0 Å². The number of phenols is 1. The number of aromatic hydroxyl groups is 1. The van der Waals surface area contributed by atoms with Crippen molar-refractivity contribution in [3.05, 3.63) is 59.8 Å². The maximum Gasteiger partial charge on any atom is 0.407 e. The standard InChI is InChI=1S/C19H19N3O4/c1-13(9-20-19(25)26-12-14-5-3-2-4-6-14)22-18-15(10-21-22)7-8-17(24)16(18)11-23/h2-8,10-11,13,24H,9,12H2,1H3,(H,20,25). The van der Waals surface area contributed by atoms with Gasteiger partial charge in [-0.15, -0.1) is 0 Å². The van der Waals surface area contributed by atoms with E-state index in [0.29, 0.717) is 11.8 Å². The molecule has 26 heavy (non-hydrogen) atoms. The molecule has 3 rings (SSSR count). The van der Waals surface area contributed by atoms with E-state index in [9.17, 15) is 14.7 Å². The van der Waals surface area contributed by atoms with E-state index < -0.39 is 6.09 Å². The number of ether oxygens (including phenoxy) is 1. The van der Waals surface area contributed by atoms with Gasteiger partial charge >= 0.3 is 6.09 Å². The van der Waals surface area contributed by atoms with E-state index >= 15 is 0 Å². The van der Waals surface area contributed by atoms with Crippen molar-refractivity contribution in [2.45, 2.75) is 19.6 Å². The highest BCUT2D eigenvalue weighted by molar-refractivity contribution is 5.98. The molecule has 2 N–H and O–H groups in total. The lowest BCUT2D eigenvalue weighted by Crippen LogP contribution is -2.30. The Morgan fingerprint density at radius 2 is 2.08 bits per heavy atom. The molecule has 0 fully saturated rings. The monoisotopic (exact) mass is 353 g/mol. The molecule has 0 saturated carbocycles. The van der Waals surface area contributed by atoms with Crippen LogP contribution in [0.1, 0.15) is 28.9 Å². The SMILES string of the molecule is CC(CNC(=O)OCc1ccccc1)n1ncc2ccc(O)c(C=O)c21. The smallest absolute Gasteiger partial charge is 0.407 e. The van der Waals surface area contributed by atoms with Crippen LogP contribution in [0.5, 0.6) is 5.75 Å². The molecule has 7 heteroatoms. The zero-order valence-electron chi connectivity index (χ0n) is 14.3. The van der Waals surface area contributed by atoms with Crippen LogP contribution < -0.4 is 5.32 Å². The van der Waals surface area contributed by atoms with Gasteiger partial charge in [-0.1, -0.05) is 30.3 Å². The fourth-order valence-electron chi connectivity index (χ4n) is 2.70. The summed E-state index contributed by atoms with van der Waals surface area (Å²) < 4.78 is 6.78. The largest absolute Gasteiger partial charge is 0.507 e. The molecule has 1 amide bonds. The fourth-order valence-corrected chi connectivity index (χ4v) is 2.70. The summed E-state index contributed by atoms with van der Waals surface area (Å²) >= 11 is 0. The molecule has 0 saturated heterocycles. The van der Waals surface area contributed by atoms with Crippen LogP contribution in [0.4, 0.5) is 4.79 Å². The van der Waals surface area contributed by atoms with Crippen LogP contribution in [-0.2, 0) is 11.3 Å². The maximum atomic E-state index is 11.9. The molecule has 7 nitrogen and oxygen atoms in total. The van der Waals surface area contributed by atoms with Crippen molar-refractivity contribution >= 4 is 23.3 Å². The van der Waals surface area contributed by atoms with Crippen molar-refractivity contribution < 1.29 is 19.4 Å². The first kappa shape index (κ1) is 17.5. The predicted molar refractivity (Wildman–Crippen MR) is 96.1 cm³/mol. The van der Waals surface area contributed by atoms with Crippen LogP contribution in [0.15, 0.2) is 48.7 Å². The number of amides is 1. The molecule has 1 heterocycles. The van der Waals surface area contributed by atoms with Crippen molar-refractivity contribution in [1.29, 1.82) is 0 Å². The number of phenolic OH excluding ortho intramolecular Hbond substituents is 1. The molecule has 1 aromatic heterocycles. The first-order valence-electron chi connectivity index (χ1n) is 8.19. The lowest BCUT2D eigenvalue weighted by Gasteiger charge is -2.15. The minimum Gasteiger partial charge on any atom is -0.507 e. The summed E-state index contributed by atoms with van der Waals surface area (Å²) in [6.45, 7) is 2.30. The molecular formula is C19H19N3O4. The van der Waals surface area contributed by atoms with Gasteiger partial charge in [0.1, 0.15) is 12.4 Å². The number of rotatable bonds is 6. The van der Waals surface area contributed by atoms with E-state index in [1.165, 1.54) is 6.07 Å². The zero-order valence-corrected chi connectivity index (χ0v) is 14.3. The van der Waals surface area contributed by atoms with Crippen molar-refractivity contribution in [2.75, 3.05) is 6.54 Å².